The van der Waals surface area contributed by atoms with Gasteiger partial charge in [0.1, 0.15) is 11.6 Å². The molecule has 1 heterocycles. The van der Waals surface area contributed by atoms with Crippen molar-refractivity contribution in [1.29, 1.82) is 0 Å². The van der Waals surface area contributed by atoms with E-state index in [1.807, 2.05) is 29.2 Å². The van der Waals surface area contributed by atoms with Crippen molar-refractivity contribution in [3.8, 4) is 5.75 Å². The van der Waals surface area contributed by atoms with E-state index in [-0.39, 0.29) is 28.1 Å². The van der Waals surface area contributed by atoms with Gasteiger partial charge in [-0.2, -0.15) is 5.10 Å². The molecule has 0 saturated carbocycles. The summed E-state index contributed by atoms with van der Waals surface area (Å²) in [5.41, 5.74) is 4.99. The van der Waals surface area contributed by atoms with Gasteiger partial charge < -0.3 is 14.9 Å². The maximum atomic E-state index is 13.5. The van der Waals surface area contributed by atoms with Crippen LogP contribution in [0.5, 0.6) is 5.75 Å². The molecule has 0 unspecified atom stereocenters. The zero-order valence-electron chi connectivity index (χ0n) is 20.3. The minimum absolute atomic E-state index is 0.0547. The summed E-state index contributed by atoms with van der Waals surface area (Å²) >= 11 is 5.88. The first-order chi connectivity index (χ1) is 18.4. The average Bonchev–Trinajstić information content (AvgIpc) is 2.94. The highest BCUT2D eigenvalue weighted by atomic mass is 35.5. The normalized spacial score (nSPS) is 13.7. The average molecular weight is 531 g/mol. The molecular weight excluding hydrogens is 507 g/mol. The highest BCUT2D eigenvalue weighted by molar-refractivity contribution is 6.32. The van der Waals surface area contributed by atoms with Crippen molar-refractivity contribution in [2.24, 2.45) is 5.10 Å². The Morgan fingerprint density at radius 1 is 0.921 bits per heavy atom. The van der Waals surface area contributed by atoms with Gasteiger partial charge in [-0.15, -0.1) is 0 Å². The lowest BCUT2D eigenvalue weighted by atomic mass is 9.99. The third-order valence-electron chi connectivity index (χ3n) is 6.53. The molecule has 2 N–H and O–H groups in total. The second-order valence-corrected chi connectivity index (χ2v) is 9.28. The number of fused-ring (bicyclic) bond motifs is 1. The van der Waals surface area contributed by atoms with Gasteiger partial charge in [0.15, 0.2) is 0 Å². The molecule has 1 aliphatic rings. The number of nitrogens with zero attached hydrogens (tertiary/aromatic N) is 3. The molecule has 2 amide bonds. The molecule has 38 heavy (non-hydrogen) atoms. The number of benzene rings is 4. The SMILES string of the molecule is O=C(NN=Cc1ccc(C(=O)N2CCN(c3ccc(F)cc3)CC2)c2ccccc12)c1ccc(O)c(Cl)c1. The fourth-order valence-corrected chi connectivity index (χ4v) is 4.67. The van der Waals surface area contributed by atoms with Crippen LogP contribution in [0, 0.1) is 5.82 Å². The summed E-state index contributed by atoms with van der Waals surface area (Å²) in [6.07, 6.45) is 1.53. The van der Waals surface area contributed by atoms with Crippen molar-refractivity contribution in [1.82, 2.24) is 10.3 Å². The Balaban J connectivity index is 1.30. The second-order valence-electron chi connectivity index (χ2n) is 8.87. The van der Waals surface area contributed by atoms with Crippen LogP contribution in [0.1, 0.15) is 26.3 Å². The first-order valence-electron chi connectivity index (χ1n) is 12.0. The van der Waals surface area contributed by atoms with Gasteiger partial charge in [-0.05, 0) is 59.3 Å². The first kappa shape index (κ1) is 25.2. The molecule has 4 aromatic rings. The Morgan fingerprint density at radius 2 is 1.63 bits per heavy atom. The number of hydrogen-bond donors (Lipinski definition) is 2. The number of hydrogen-bond acceptors (Lipinski definition) is 5. The van der Waals surface area contributed by atoms with Crippen LogP contribution in [0.4, 0.5) is 10.1 Å². The van der Waals surface area contributed by atoms with Crippen molar-refractivity contribution in [2.75, 3.05) is 31.1 Å². The van der Waals surface area contributed by atoms with Gasteiger partial charge in [0.25, 0.3) is 11.8 Å². The first-order valence-corrected chi connectivity index (χ1v) is 12.4. The lowest BCUT2D eigenvalue weighted by Gasteiger charge is -2.36. The Kier molecular flexibility index (Phi) is 7.24. The molecule has 0 radical (unpaired) electrons. The largest absolute Gasteiger partial charge is 0.506 e. The number of rotatable bonds is 5. The lowest BCUT2D eigenvalue weighted by molar-refractivity contribution is 0.0748. The van der Waals surface area contributed by atoms with Gasteiger partial charge in [0.05, 0.1) is 11.2 Å². The maximum absolute atomic E-state index is 13.5. The standard InChI is InChI=1S/C29H24ClFN4O3/c30-26-17-19(6-12-27(26)36)28(37)33-32-18-20-5-11-25(24-4-2-1-3-23(20)24)29(38)35-15-13-34(14-16-35)22-9-7-21(31)8-10-22/h1-12,17-18,36H,13-16H2,(H,33,37). The summed E-state index contributed by atoms with van der Waals surface area (Å²) in [6, 6.07) is 21.7. The van der Waals surface area contributed by atoms with Gasteiger partial charge in [-0.3, -0.25) is 9.59 Å². The topological polar surface area (TPSA) is 85.2 Å². The van der Waals surface area contributed by atoms with E-state index in [0.717, 1.165) is 22.0 Å². The van der Waals surface area contributed by atoms with Crippen LogP contribution in [-0.4, -0.2) is 54.2 Å². The van der Waals surface area contributed by atoms with Crippen LogP contribution in [0.15, 0.2) is 84.0 Å². The molecular formula is C29H24ClFN4O3. The fraction of sp³-hybridized carbons (Fsp3) is 0.138. The van der Waals surface area contributed by atoms with Crippen molar-refractivity contribution >= 4 is 46.1 Å². The second kappa shape index (κ2) is 10.9. The number of halogens is 2. The quantitative estimate of drug-likeness (QED) is 0.279. The van der Waals surface area contributed by atoms with E-state index in [1.165, 1.54) is 36.5 Å². The van der Waals surface area contributed by atoms with E-state index >= 15 is 0 Å². The smallest absolute Gasteiger partial charge is 0.271 e. The van der Waals surface area contributed by atoms with E-state index in [4.69, 9.17) is 11.6 Å². The van der Waals surface area contributed by atoms with Crippen LogP contribution >= 0.6 is 11.6 Å². The number of amides is 2. The Bertz CT molecular complexity index is 1530. The molecule has 0 aliphatic carbocycles. The van der Waals surface area contributed by atoms with E-state index in [0.29, 0.717) is 31.7 Å². The number of nitrogens with one attached hydrogen (secondary N) is 1. The van der Waals surface area contributed by atoms with Crippen molar-refractivity contribution in [2.45, 2.75) is 0 Å². The number of aromatic hydroxyl groups is 1. The van der Waals surface area contributed by atoms with Crippen molar-refractivity contribution < 1.29 is 19.1 Å². The third-order valence-corrected chi connectivity index (χ3v) is 6.83. The number of carbonyl (C=O) groups excluding carboxylic acids is 2. The number of phenols is 1. The van der Waals surface area contributed by atoms with Crippen molar-refractivity contribution in [3.63, 3.8) is 0 Å². The molecule has 0 atom stereocenters. The number of hydrazone groups is 1. The minimum Gasteiger partial charge on any atom is -0.506 e. The Labute approximate surface area is 223 Å². The van der Waals surface area contributed by atoms with Crippen LogP contribution < -0.4 is 10.3 Å². The fourth-order valence-electron chi connectivity index (χ4n) is 4.48. The monoisotopic (exact) mass is 530 g/mol. The van der Waals surface area contributed by atoms with Gasteiger partial charge in [-0.1, -0.05) is 41.9 Å². The van der Waals surface area contributed by atoms with E-state index < -0.39 is 5.91 Å². The summed E-state index contributed by atoms with van der Waals surface area (Å²) in [6.45, 7) is 2.43. The molecule has 0 bridgehead atoms. The van der Waals surface area contributed by atoms with Crippen LogP contribution in [-0.2, 0) is 0 Å². The molecule has 7 nitrogen and oxygen atoms in total. The highest BCUT2D eigenvalue weighted by Crippen LogP contribution is 2.25. The molecule has 0 spiro atoms. The third kappa shape index (κ3) is 5.31. The zero-order valence-corrected chi connectivity index (χ0v) is 21.0. The predicted octanol–water partition coefficient (Wildman–Crippen LogP) is 5.06. The Hall–Kier alpha value is -4.43. The molecule has 5 rings (SSSR count). The highest BCUT2D eigenvalue weighted by Gasteiger charge is 2.24. The Morgan fingerprint density at radius 3 is 2.34 bits per heavy atom. The molecule has 1 fully saturated rings. The molecule has 192 valence electrons. The van der Waals surface area contributed by atoms with E-state index in [2.05, 4.69) is 15.4 Å². The summed E-state index contributed by atoms with van der Waals surface area (Å²) in [5, 5.41) is 15.3. The molecule has 4 aromatic carbocycles. The van der Waals surface area contributed by atoms with Gasteiger partial charge >= 0.3 is 0 Å². The minimum atomic E-state index is -0.473. The van der Waals surface area contributed by atoms with Crippen LogP contribution in [0.2, 0.25) is 5.02 Å². The summed E-state index contributed by atoms with van der Waals surface area (Å²) < 4.78 is 13.3. The molecule has 9 heteroatoms. The summed E-state index contributed by atoms with van der Waals surface area (Å²) in [4.78, 5) is 29.8. The maximum Gasteiger partial charge on any atom is 0.271 e. The summed E-state index contributed by atoms with van der Waals surface area (Å²) in [5.74, 6) is -0.907. The van der Waals surface area contributed by atoms with Crippen LogP contribution in [0.25, 0.3) is 10.8 Å². The van der Waals surface area contributed by atoms with Crippen LogP contribution in [0.3, 0.4) is 0 Å². The summed E-state index contributed by atoms with van der Waals surface area (Å²) in [7, 11) is 0. The molecule has 1 saturated heterocycles. The zero-order chi connectivity index (χ0) is 26.6. The number of piperazine rings is 1. The predicted molar refractivity (Wildman–Crippen MR) is 147 cm³/mol. The van der Waals surface area contributed by atoms with Crippen molar-refractivity contribution in [3.05, 3.63) is 106 Å². The number of anilines is 1. The van der Waals surface area contributed by atoms with E-state index in [9.17, 15) is 19.1 Å². The molecule has 1 aliphatic heterocycles. The molecule has 0 aromatic heterocycles. The number of carbonyl (C=O) groups is 2. The van der Waals surface area contributed by atoms with Gasteiger partial charge in [0, 0.05) is 48.6 Å². The van der Waals surface area contributed by atoms with Gasteiger partial charge in [-0.25, -0.2) is 9.82 Å². The number of phenolic OH excluding ortho intramolecular Hbond substituents is 1. The van der Waals surface area contributed by atoms with E-state index in [1.54, 1.807) is 24.3 Å². The lowest BCUT2D eigenvalue weighted by Crippen LogP contribution is -2.48. The van der Waals surface area contributed by atoms with Gasteiger partial charge in [0.2, 0.25) is 0 Å².